The molecule has 1 aromatic carbocycles. The highest BCUT2D eigenvalue weighted by Crippen LogP contribution is 2.37. The molecule has 2 unspecified atom stereocenters. The summed E-state index contributed by atoms with van der Waals surface area (Å²) in [6, 6.07) is 5.26. The highest BCUT2D eigenvalue weighted by atomic mass is 32.1. The number of aliphatic hydroxyl groups is 1. The van der Waals surface area contributed by atoms with Crippen LogP contribution in [0.2, 0.25) is 0 Å². The number of imidazole rings is 1. The summed E-state index contributed by atoms with van der Waals surface area (Å²) >= 11 is 1.44. The van der Waals surface area contributed by atoms with Crippen LogP contribution in [-0.4, -0.2) is 24.7 Å². The van der Waals surface area contributed by atoms with E-state index >= 15 is 0 Å². The molecule has 0 bridgehead atoms. The molecule has 3 aromatic rings. The van der Waals surface area contributed by atoms with E-state index in [0.29, 0.717) is 16.2 Å². The van der Waals surface area contributed by atoms with Gasteiger partial charge in [0.05, 0.1) is 22.2 Å². The lowest BCUT2D eigenvalue weighted by molar-refractivity contribution is 0.201. The number of aromatic nitrogens is 3. The molecule has 1 aliphatic carbocycles. The van der Waals surface area contributed by atoms with Crippen LogP contribution in [-0.2, 0) is 0 Å². The molecule has 2 N–H and O–H groups in total. The molecule has 1 aliphatic rings. The number of hydrogen-bond acceptors (Lipinski definition) is 5. The van der Waals surface area contributed by atoms with Gasteiger partial charge in [-0.1, -0.05) is 41.7 Å². The van der Waals surface area contributed by atoms with Crippen molar-refractivity contribution in [2.45, 2.75) is 25.4 Å². The summed E-state index contributed by atoms with van der Waals surface area (Å²) < 4.78 is 1.78. The molecule has 5 nitrogen and oxygen atoms in total. The van der Waals surface area contributed by atoms with Crippen molar-refractivity contribution in [1.82, 2.24) is 14.5 Å². The summed E-state index contributed by atoms with van der Waals surface area (Å²) in [5.41, 5.74) is 2.24. The number of rotatable bonds is 3. The molecule has 24 heavy (non-hydrogen) atoms. The van der Waals surface area contributed by atoms with Gasteiger partial charge < -0.3 is 10.2 Å². The van der Waals surface area contributed by atoms with Gasteiger partial charge in [0.2, 0.25) is 0 Å². The van der Waals surface area contributed by atoms with Crippen LogP contribution in [0.1, 0.15) is 35.9 Å². The number of hydrogen-bond donors (Lipinski definition) is 2. The Morgan fingerprint density at radius 2 is 2.21 bits per heavy atom. The second-order valence-corrected chi connectivity index (χ2v) is 6.85. The van der Waals surface area contributed by atoms with Gasteiger partial charge in [-0.3, -0.25) is 4.57 Å². The lowest BCUT2D eigenvalue weighted by atomic mass is 9.96. The fourth-order valence-electron chi connectivity index (χ4n) is 2.98. The molecule has 0 spiro atoms. The molecule has 6 heteroatoms. The molecular formula is C18H17N3O2S. The number of benzene rings is 1. The number of para-hydroxylation sites is 1. The monoisotopic (exact) mass is 339 g/mol. The van der Waals surface area contributed by atoms with Gasteiger partial charge in [-0.05, 0) is 25.5 Å². The van der Waals surface area contributed by atoms with Crippen molar-refractivity contribution in [3.63, 3.8) is 0 Å². The van der Waals surface area contributed by atoms with E-state index in [0.717, 1.165) is 17.0 Å². The molecule has 4 rings (SSSR count). The summed E-state index contributed by atoms with van der Waals surface area (Å²) in [6.07, 6.45) is 10.2. The standard InChI is InChI=1S/C18H17N3O2S/c1-11(22)17-15(12-6-3-2-4-7-12)20-18(24-17)21-10-19-13-8-5-9-14(23)16(13)21/h2-6,8-12,22-23H,7H2,1H3. The van der Waals surface area contributed by atoms with Crippen molar-refractivity contribution in [3.05, 3.63) is 59.4 Å². The Labute approximate surface area is 143 Å². The number of allylic oxidation sites excluding steroid dienone is 4. The molecule has 0 saturated heterocycles. The van der Waals surface area contributed by atoms with Crippen LogP contribution in [0.25, 0.3) is 16.2 Å². The maximum absolute atomic E-state index is 10.2. The lowest BCUT2D eigenvalue weighted by Crippen LogP contribution is -2.02. The summed E-state index contributed by atoms with van der Waals surface area (Å²) in [5, 5.41) is 21.1. The summed E-state index contributed by atoms with van der Waals surface area (Å²) in [7, 11) is 0. The van der Waals surface area contributed by atoms with Gasteiger partial charge in [0.15, 0.2) is 5.13 Å². The van der Waals surface area contributed by atoms with E-state index in [1.54, 1.807) is 30.0 Å². The van der Waals surface area contributed by atoms with Crippen molar-refractivity contribution >= 4 is 22.4 Å². The maximum atomic E-state index is 10.2. The number of nitrogens with zero attached hydrogens (tertiary/aromatic N) is 3. The molecule has 0 radical (unpaired) electrons. The molecule has 122 valence electrons. The van der Waals surface area contributed by atoms with Crippen molar-refractivity contribution < 1.29 is 10.2 Å². The van der Waals surface area contributed by atoms with Crippen LogP contribution >= 0.6 is 11.3 Å². The van der Waals surface area contributed by atoms with Crippen molar-refractivity contribution in [3.8, 4) is 10.9 Å². The Bertz CT molecular complexity index is 952. The van der Waals surface area contributed by atoms with Crippen molar-refractivity contribution in [2.75, 3.05) is 0 Å². The first kappa shape index (κ1) is 15.1. The fourth-order valence-corrected chi connectivity index (χ4v) is 4.03. The average molecular weight is 339 g/mol. The maximum Gasteiger partial charge on any atom is 0.196 e. The van der Waals surface area contributed by atoms with Crippen LogP contribution in [0.4, 0.5) is 0 Å². The highest BCUT2D eigenvalue weighted by Gasteiger charge is 2.23. The van der Waals surface area contributed by atoms with E-state index in [1.165, 1.54) is 11.3 Å². The fraction of sp³-hybridized carbons (Fsp3) is 0.222. The van der Waals surface area contributed by atoms with Crippen molar-refractivity contribution in [2.24, 2.45) is 0 Å². The van der Waals surface area contributed by atoms with E-state index in [-0.39, 0.29) is 11.7 Å². The zero-order valence-electron chi connectivity index (χ0n) is 13.1. The molecular weight excluding hydrogens is 322 g/mol. The van der Waals surface area contributed by atoms with Crippen LogP contribution < -0.4 is 0 Å². The Kier molecular flexibility index (Phi) is 3.70. The SMILES string of the molecule is CC(O)c1sc(-n2cnc3cccc(O)c32)nc1C1C=CC=CC1. The third-order valence-corrected chi connectivity index (χ3v) is 5.37. The number of aromatic hydroxyl groups is 1. The van der Waals surface area contributed by atoms with E-state index < -0.39 is 6.10 Å². The smallest absolute Gasteiger partial charge is 0.196 e. The first-order valence-electron chi connectivity index (χ1n) is 7.82. The zero-order valence-corrected chi connectivity index (χ0v) is 13.9. The van der Waals surface area contributed by atoms with E-state index in [4.69, 9.17) is 4.98 Å². The predicted molar refractivity (Wildman–Crippen MR) is 94.7 cm³/mol. The largest absolute Gasteiger partial charge is 0.506 e. The van der Waals surface area contributed by atoms with Crippen LogP contribution in [0.5, 0.6) is 5.75 Å². The van der Waals surface area contributed by atoms with E-state index in [2.05, 4.69) is 17.1 Å². The molecule has 2 aromatic heterocycles. The first-order chi connectivity index (χ1) is 11.6. The average Bonchev–Trinajstić information content (AvgIpc) is 3.20. The summed E-state index contributed by atoms with van der Waals surface area (Å²) in [5.74, 6) is 0.328. The predicted octanol–water partition coefficient (Wildman–Crippen LogP) is 3.84. The molecule has 0 aliphatic heterocycles. The topological polar surface area (TPSA) is 71.2 Å². The van der Waals surface area contributed by atoms with Gasteiger partial charge in [-0.2, -0.15) is 0 Å². The summed E-state index contributed by atoms with van der Waals surface area (Å²) in [6.45, 7) is 1.76. The second kappa shape index (κ2) is 5.89. The van der Waals surface area contributed by atoms with Gasteiger partial charge in [-0.15, -0.1) is 0 Å². The van der Waals surface area contributed by atoms with E-state index in [9.17, 15) is 10.2 Å². The zero-order chi connectivity index (χ0) is 16.7. The number of thiazole rings is 1. The van der Waals surface area contributed by atoms with Gasteiger partial charge >= 0.3 is 0 Å². The number of aliphatic hydroxyl groups excluding tert-OH is 1. The second-order valence-electron chi connectivity index (χ2n) is 5.84. The molecule has 2 heterocycles. The van der Waals surface area contributed by atoms with Crippen molar-refractivity contribution in [1.29, 1.82) is 0 Å². The first-order valence-corrected chi connectivity index (χ1v) is 8.64. The quantitative estimate of drug-likeness (QED) is 0.760. The molecule has 0 fully saturated rings. The van der Waals surface area contributed by atoms with Crippen LogP contribution in [0.3, 0.4) is 0 Å². The third-order valence-electron chi connectivity index (χ3n) is 4.13. The van der Waals surface area contributed by atoms with Gasteiger partial charge in [0.1, 0.15) is 17.6 Å². The minimum absolute atomic E-state index is 0.160. The Balaban J connectivity index is 1.86. The van der Waals surface area contributed by atoms with Crippen LogP contribution in [0.15, 0.2) is 48.8 Å². The Morgan fingerprint density at radius 3 is 2.96 bits per heavy atom. The Morgan fingerprint density at radius 1 is 1.33 bits per heavy atom. The molecule has 0 amide bonds. The highest BCUT2D eigenvalue weighted by molar-refractivity contribution is 7.14. The number of phenolic OH excluding ortho intramolecular Hbond substituents is 1. The minimum atomic E-state index is -0.589. The molecule has 0 saturated carbocycles. The van der Waals surface area contributed by atoms with E-state index in [1.807, 2.05) is 18.2 Å². The lowest BCUT2D eigenvalue weighted by Gasteiger charge is -2.13. The summed E-state index contributed by atoms with van der Waals surface area (Å²) in [4.78, 5) is 9.96. The molecule has 2 atom stereocenters. The number of phenols is 1. The normalized spacial score (nSPS) is 18.3. The third kappa shape index (κ3) is 2.44. The Hall–Kier alpha value is -2.44. The van der Waals surface area contributed by atoms with Gasteiger partial charge in [-0.25, -0.2) is 9.97 Å². The van der Waals surface area contributed by atoms with Crippen LogP contribution in [0, 0.1) is 0 Å². The minimum Gasteiger partial charge on any atom is -0.506 e. The van der Waals surface area contributed by atoms with Gasteiger partial charge in [0.25, 0.3) is 0 Å². The number of fused-ring (bicyclic) bond motifs is 1. The van der Waals surface area contributed by atoms with Gasteiger partial charge in [0, 0.05) is 5.92 Å².